The van der Waals surface area contributed by atoms with Gasteiger partial charge < -0.3 is 5.32 Å². The van der Waals surface area contributed by atoms with Crippen LogP contribution in [0.2, 0.25) is 0 Å². The molecule has 0 aromatic carbocycles. The first-order chi connectivity index (χ1) is 10.2. The van der Waals surface area contributed by atoms with Crippen LogP contribution in [0.15, 0.2) is 6.07 Å². The number of nitrogens with zero attached hydrogens (tertiary/aromatic N) is 3. The second-order valence-electron chi connectivity index (χ2n) is 6.85. The van der Waals surface area contributed by atoms with Crippen LogP contribution in [-0.2, 0) is 6.54 Å². The van der Waals surface area contributed by atoms with Gasteiger partial charge in [0.1, 0.15) is 0 Å². The topological polar surface area (TPSA) is 33.1 Å². The maximum Gasteiger partial charge on any atom is 0.0596 e. The molecule has 0 spiro atoms. The summed E-state index contributed by atoms with van der Waals surface area (Å²) in [6.07, 6.45) is 6.74. The molecule has 2 bridgehead atoms. The van der Waals surface area contributed by atoms with E-state index in [4.69, 9.17) is 0 Å². The van der Waals surface area contributed by atoms with Gasteiger partial charge in [-0.3, -0.25) is 9.58 Å². The van der Waals surface area contributed by atoms with E-state index in [0.29, 0.717) is 0 Å². The molecule has 2 atom stereocenters. The van der Waals surface area contributed by atoms with Gasteiger partial charge in [-0.25, -0.2) is 0 Å². The van der Waals surface area contributed by atoms with E-state index in [-0.39, 0.29) is 0 Å². The number of rotatable bonds is 6. The quantitative estimate of drug-likeness (QED) is 0.874. The lowest BCUT2D eigenvalue weighted by Crippen LogP contribution is -2.49. The van der Waals surface area contributed by atoms with Crippen molar-refractivity contribution in [3.05, 3.63) is 17.5 Å². The zero-order chi connectivity index (χ0) is 14.8. The molecule has 1 N–H and O–H groups in total. The average Bonchev–Trinajstić information content (AvgIpc) is 2.87. The van der Waals surface area contributed by atoms with Gasteiger partial charge in [-0.15, -0.1) is 0 Å². The summed E-state index contributed by atoms with van der Waals surface area (Å²) in [6.45, 7) is 9.88. The van der Waals surface area contributed by atoms with Gasteiger partial charge >= 0.3 is 0 Å². The van der Waals surface area contributed by atoms with Crippen molar-refractivity contribution in [1.29, 1.82) is 0 Å². The Morgan fingerprint density at radius 1 is 1.19 bits per heavy atom. The molecule has 2 saturated heterocycles. The molecule has 2 unspecified atom stereocenters. The minimum absolute atomic E-state index is 0.764. The standard InChI is InChI=1S/C17H30N4/c1-4-18-15-11-16-6-7-17(12-15)20(16)8-5-9-21-14(3)10-13(2)19-21/h10,15-18H,4-9,11-12H2,1-3H3. The Hall–Kier alpha value is -0.870. The summed E-state index contributed by atoms with van der Waals surface area (Å²) in [5.41, 5.74) is 2.43. The molecule has 0 amide bonds. The van der Waals surface area contributed by atoms with E-state index in [0.717, 1.165) is 36.9 Å². The van der Waals surface area contributed by atoms with Gasteiger partial charge in [0.05, 0.1) is 5.69 Å². The number of nitrogens with one attached hydrogen (secondary N) is 1. The molecule has 3 rings (SSSR count). The van der Waals surface area contributed by atoms with Gasteiger partial charge in [-0.2, -0.15) is 5.10 Å². The van der Waals surface area contributed by atoms with E-state index in [1.807, 2.05) is 0 Å². The highest BCUT2D eigenvalue weighted by atomic mass is 15.3. The number of piperidine rings is 1. The van der Waals surface area contributed by atoms with Crippen molar-refractivity contribution in [2.75, 3.05) is 13.1 Å². The first-order valence-corrected chi connectivity index (χ1v) is 8.67. The van der Waals surface area contributed by atoms with Crippen molar-refractivity contribution < 1.29 is 0 Å². The van der Waals surface area contributed by atoms with Crippen LogP contribution in [0.1, 0.15) is 50.4 Å². The first-order valence-electron chi connectivity index (χ1n) is 8.67. The number of aryl methyl sites for hydroxylation is 3. The van der Waals surface area contributed by atoms with E-state index >= 15 is 0 Å². The van der Waals surface area contributed by atoms with E-state index in [2.05, 4.69) is 46.8 Å². The Morgan fingerprint density at radius 2 is 1.90 bits per heavy atom. The van der Waals surface area contributed by atoms with Crippen LogP contribution < -0.4 is 5.32 Å². The zero-order valence-electron chi connectivity index (χ0n) is 13.8. The summed E-state index contributed by atoms with van der Waals surface area (Å²) in [6, 6.07) is 4.59. The molecule has 2 fully saturated rings. The van der Waals surface area contributed by atoms with Gasteiger partial charge in [0.25, 0.3) is 0 Å². The fourth-order valence-corrected chi connectivity index (χ4v) is 4.40. The van der Waals surface area contributed by atoms with E-state index in [9.17, 15) is 0 Å². The molecule has 4 nitrogen and oxygen atoms in total. The van der Waals surface area contributed by atoms with Crippen LogP contribution in [0.25, 0.3) is 0 Å². The number of hydrogen-bond donors (Lipinski definition) is 1. The SMILES string of the molecule is CCNC1CC2CCC(C1)N2CCCn1nc(C)cc1C. The summed E-state index contributed by atoms with van der Waals surface area (Å²) in [5.74, 6) is 0. The lowest BCUT2D eigenvalue weighted by molar-refractivity contribution is 0.114. The smallest absolute Gasteiger partial charge is 0.0596 e. The second-order valence-corrected chi connectivity index (χ2v) is 6.85. The fourth-order valence-electron chi connectivity index (χ4n) is 4.40. The van der Waals surface area contributed by atoms with Gasteiger partial charge in [-0.05, 0) is 58.6 Å². The zero-order valence-corrected chi connectivity index (χ0v) is 13.8. The Kier molecular flexibility index (Phi) is 4.65. The largest absolute Gasteiger partial charge is 0.314 e. The van der Waals surface area contributed by atoms with Crippen molar-refractivity contribution in [2.45, 2.75) is 77.5 Å². The highest BCUT2D eigenvalue weighted by Gasteiger charge is 2.39. The lowest BCUT2D eigenvalue weighted by atomic mass is 9.97. The summed E-state index contributed by atoms with van der Waals surface area (Å²) in [4.78, 5) is 2.79. The normalized spacial score (nSPS) is 29.2. The van der Waals surface area contributed by atoms with E-state index in [1.54, 1.807) is 0 Å². The van der Waals surface area contributed by atoms with Crippen LogP contribution in [0.3, 0.4) is 0 Å². The highest BCUT2D eigenvalue weighted by Crippen LogP contribution is 2.35. The van der Waals surface area contributed by atoms with E-state index < -0.39 is 0 Å². The molecular weight excluding hydrogens is 260 g/mol. The van der Waals surface area contributed by atoms with Crippen LogP contribution in [0, 0.1) is 13.8 Å². The molecule has 0 aliphatic carbocycles. The molecule has 3 heterocycles. The second kappa shape index (κ2) is 6.49. The third kappa shape index (κ3) is 3.32. The molecule has 2 aliphatic heterocycles. The molecule has 0 radical (unpaired) electrons. The minimum atomic E-state index is 0.764. The van der Waals surface area contributed by atoms with Crippen molar-refractivity contribution >= 4 is 0 Å². The highest BCUT2D eigenvalue weighted by molar-refractivity contribution is 5.06. The Balaban J connectivity index is 1.49. The van der Waals surface area contributed by atoms with Crippen LogP contribution in [-0.4, -0.2) is 45.9 Å². The average molecular weight is 290 g/mol. The summed E-state index contributed by atoms with van der Waals surface area (Å²) < 4.78 is 2.17. The van der Waals surface area contributed by atoms with Gasteiger partial charge in [0.15, 0.2) is 0 Å². The van der Waals surface area contributed by atoms with Crippen molar-refractivity contribution in [3.63, 3.8) is 0 Å². The molecule has 1 aromatic rings. The van der Waals surface area contributed by atoms with Gasteiger partial charge in [0, 0.05) is 36.9 Å². The van der Waals surface area contributed by atoms with E-state index in [1.165, 1.54) is 44.3 Å². The van der Waals surface area contributed by atoms with Crippen molar-refractivity contribution in [2.24, 2.45) is 0 Å². The van der Waals surface area contributed by atoms with Crippen LogP contribution in [0.4, 0.5) is 0 Å². The molecule has 0 saturated carbocycles. The third-order valence-electron chi connectivity index (χ3n) is 5.27. The molecular formula is C17H30N4. The predicted octanol–water partition coefficient (Wildman–Crippen LogP) is 2.49. The van der Waals surface area contributed by atoms with Gasteiger partial charge in [0.2, 0.25) is 0 Å². The first kappa shape index (κ1) is 15.0. The maximum absolute atomic E-state index is 4.57. The molecule has 4 heteroatoms. The number of aromatic nitrogens is 2. The summed E-state index contributed by atoms with van der Waals surface area (Å²) >= 11 is 0. The molecule has 1 aromatic heterocycles. The van der Waals surface area contributed by atoms with Gasteiger partial charge in [-0.1, -0.05) is 6.92 Å². The number of fused-ring (bicyclic) bond motifs is 2. The Morgan fingerprint density at radius 3 is 2.48 bits per heavy atom. The van der Waals surface area contributed by atoms with Crippen LogP contribution in [0.5, 0.6) is 0 Å². The predicted molar refractivity (Wildman–Crippen MR) is 86.5 cm³/mol. The minimum Gasteiger partial charge on any atom is -0.314 e. The Labute approximate surface area is 128 Å². The lowest BCUT2D eigenvalue weighted by Gasteiger charge is -2.39. The third-order valence-corrected chi connectivity index (χ3v) is 5.27. The molecule has 118 valence electrons. The fraction of sp³-hybridized carbons (Fsp3) is 0.824. The summed E-state index contributed by atoms with van der Waals surface area (Å²) in [7, 11) is 0. The maximum atomic E-state index is 4.57. The molecule has 21 heavy (non-hydrogen) atoms. The Bertz CT molecular complexity index is 453. The summed E-state index contributed by atoms with van der Waals surface area (Å²) in [5, 5.41) is 8.23. The monoisotopic (exact) mass is 290 g/mol. The van der Waals surface area contributed by atoms with Crippen LogP contribution >= 0.6 is 0 Å². The number of hydrogen-bond acceptors (Lipinski definition) is 3. The van der Waals surface area contributed by atoms with Crippen molar-refractivity contribution in [3.8, 4) is 0 Å². The van der Waals surface area contributed by atoms with Crippen molar-refractivity contribution in [1.82, 2.24) is 20.0 Å². The molecule has 2 aliphatic rings.